The van der Waals surface area contributed by atoms with Gasteiger partial charge in [-0.05, 0) is 79.4 Å². The molecule has 0 aliphatic heterocycles. The van der Waals surface area contributed by atoms with E-state index in [1.807, 2.05) is 44.2 Å². The van der Waals surface area contributed by atoms with Gasteiger partial charge in [0, 0.05) is 35.6 Å². The van der Waals surface area contributed by atoms with E-state index >= 15 is 0 Å². The number of pyridine rings is 2. The molecule has 0 aliphatic rings. The molecule has 0 bridgehead atoms. The van der Waals surface area contributed by atoms with Gasteiger partial charge in [-0.1, -0.05) is 14.9 Å². The van der Waals surface area contributed by atoms with Gasteiger partial charge in [-0.15, -0.1) is 0 Å². The molecule has 6 rings (SSSR count). The largest absolute Gasteiger partial charge is 0.478 e. The number of ether oxygens (including phenoxy) is 1. The summed E-state index contributed by atoms with van der Waals surface area (Å²) < 4.78 is 7.75. The van der Waals surface area contributed by atoms with E-state index in [0.29, 0.717) is 22.2 Å². The number of aromatic nitrogens is 6. The van der Waals surface area contributed by atoms with E-state index in [1.54, 1.807) is 37.5 Å². The number of nitrogens with two attached hydrogens (primary N) is 2. The number of carbonyl (C=O) groups excluding carboxylic acids is 3. The first-order valence-electron chi connectivity index (χ1n) is 15.6. The van der Waals surface area contributed by atoms with Gasteiger partial charge in [-0.25, -0.2) is 9.59 Å². The van der Waals surface area contributed by atoms with E-state index < -0.39 is 23.8 Å². The monoisotopic (exact) mass is 730 g/mol. The van der Waals surface area contributed by atoms with Gasteiger partial charge in [0.25, 0.3) is 11.8 Å². The summed E-state index contributed by atoms with van der Waals surface area (Å²) in [5.41, 5.74) is 15.6. The molecule has 16 nitrogen and oxygen atoms in total. The summed E-state index contributed by atoms with van der Waals surface area (Å²) in [6.07, 6.45) is 6.07. The van der Waals surface area contributed by atoms with E-state index in [2.05, 4.69) is 20.2 Å². The summed E-state index contributed by atoms with van der Waals surface area (Å²) in [5, 5.41) is 36.9. The molecule has 0 unspecified atom stereocenters. The van der Waals surface area contributed by atoms with Gasteiger partial charge < -0.3 is 21.3 Å². The number of amides is 2. The molecule has 4 heterocycles. The van der Waals surface area contributed by atoms with E-state index in [-0.39, 0.29) is 62.6 Å². The third-order valence-corrected chi connectivity index (χ3v) is 7.64. The molecule has 0 aliphatic carbocycles. The molecular weight excluding hydrogens is 692 g/mol. The van der Waals surface area contributed by atoms with Crippen LogP contribution in [0.15, 0.2) is 61.2 Å². The van der Waals surface area contributed by atoms with Crippen molar-refractivity contribution < 1.29 is 29.0 Å². The Morgan fingerprint density at radius 1 is 0.722 bits per heavy atom. The van der Waals surface area contributed by atoms with Gasteiger partial charge in [0.15, 0.2) is 11.4 Å². The summed E-state index contributed by atoms with van der Waals surface area (Å²) in [6, 6.07) is 14.4. The molecule has 0 saturated carbocycles. The second-order valence-electron chi connectivity index (χ2n) is 11.6. The van der Waals surface area contributed by atoms with E-state index in [0.717, 1.165) is 27.5 Å². The van der Waals surface area contributed by atoms with Crippen molar-refractivity contribution in [2.75, 3.05) is 6.61 Å². The molecule has 2 aromatic carbocycles. The van der Waals surface area contributed by atoms with Crippen molar-refractivity contribution in [3.8, 4) is 12.1 Å². The van der Waals surface area contributed by atoms with E-state index in [9.17, 15) is 24.4 Å². The third-order valence-electron chi connectivity index (χ3n) is 7.64. The zero-order valence-corrected chi connectivity index (χ0v) is 28.1. The molecule has 0 spiro atoms. The first kappa shape index (κ1) is 41.0. The van der Waals surface area contributed by atoms with Crippen LogP contribution in [0, 0.1) is 36.5 Å². The van der Waals surface area contributed by atoms with E-state index in [4.69, 9.17) is 26.6 Å². The Bertz CT molecular complexity index is 2500. The number of carboxylic acids is 1. The smallest absolute Gasteiger partial charge is 0.342 e. The lowest BCUT2D eigenvalue weighted by Gasteiger charge is -2.08. The molecule has 6 aromatic rings. The quantitative estimate of drug-likeness (QED) is 0.172. The number of rotatable bonds is 9. The van der Waals surface area contributed by atoms with Crippen LogP contribution in [0.3, 0.4) is 0 Å². The Morgan fingerprint density at radius 3 is 1.52 bits per heavy atom. The molecule has 0 fully saturated rings. The van der Waals surface area contributed by atoms with Gasteiger partial charge in [0.05, 0.1) is 41.9 Å². The zero-order valence-electron chi connectivity index (χ0n) is 28.1. The number of nitrogens with zero attached hydrogens (tertiary/aromatic N) is 8. The Morgan fingerprint density at radius 2 is 1.15 bits per heavy atom. The van der Waals surface area contributed by atoms with Crippen LogP contribution in [0.2, 0.25) is 0 Å². The molecule has 54 heavy (non-hydrogen) atoms. The van der Waals surface area contributed by atoms with E-state index in [1.165, 1.54) is 21.8 Å². The normalized spacial score (nSPS) is 10.2. The Hall–Kier alpha value is -7.46. The number of primary amides is 2. The SMILES string of the molecule is C.C.CCOC(=O)c1cn(Cc2cc(C(N)=O)c3ncc(C)cc3c2)nc1C#N.Cc1cnc2c(C(N)=O)cc(Cn3cc(C(=O)O)c(C#N)n3)cc2c1. The molecule has 0 radical (unpaired) electrons. The lowest BCUT2D eigenvalue weighted by Crippen LogP contribution is -2.13. The van der Waals surface area contributed by atoms with Crippen LogP contribution in [0.25, 0.3) is 21.8 Å². The van der Waals surface area contributed by atoms with Crippen molar-refractivity contribution >= 4 is 45.6 Å². The second kappa shape index (κ2) is 17.2. The molecule has 2 amide bonds. The second-order valence-corrected chi connectivity index (χ2v) is 11.6. The third kappa shape index (κ3) is 8.87. The predicted octanol–water partition coefficient (Wildman–Crippen LogP) is 4.66. The Balaban J connectivity index is 0.000000281. The fourth-order valence-corrected chi connectivity index (χ4v) is 5.46. The standard InChI is InChI=1S/C19H17N5O3.C17H13N5O3.2CH4/c1-3-27-19(26)15-10-24(23-16(15)7-20)9-12-5-13-4-11(2)8-22-17(13)14(6-12)18(21)25;1-9-2-11-3-10(4-12(16(19)23)15(11)20-6-9)7-22-8-13(17(24)25)14(5-18)21-22;;/h4-6,8,10H,3,9H2,1-2H3,(H2,21,25);2-4,6,8H,7H2,1H3,(H2,19,23)(H,24,25);2*1H4. The molecule has 16 heteroatoms. The van der Waals surface area contributed by atoms with Crippen molar-refractivity contribution in [1.29, 1.82) is 10.5 Å². The lowest BCUT2D eigenvalue weighted by molar-refractivity contribution is 0.0525. The highest BCUT2D eigenvalue weighted by atomic mass is 16.5. The first-order chi connectivity index (χ1) is 24.8. The average molecular weight is 731 g/mol. The molecule has 4 aromatic heterocycles. The number of hydrogen-bond donors (Lipinski definition) is 3. The van der Waals surface area contributed by atoms with Crippen molar-refractivity contribution in [2.45, 2.75) is 48.7 Å². The van der Waals surface area contributed by atoms with Crippen molar-refractivity contribution in [3.05, 3.63) is 117 Å². The number of carboxylic acid groups (broad SMARTS) is 1. The minimum atomic E-state index is -1.22. The van der Waals surface area contributed by atoms with Gasteiger partial charge in [-0.2, -0.15) is 20.7 Å². The number of aryl methyl sites for hydroxylation is 2. The van der Waals surface area contributed by atoms with Gasteiger partial charge >= 0.3 is 11.9 Å². The summed E-state index contributed by atoms with van der Waals surface area (Å²) >= 11 is 0. The first-order valence-corrected chi connectivity index (χ1v) is 15.6. The van der Waals surface area contributed by atoms with Crippen molar-refractivity contribution in [1.82, 2.24) is 29.5 Å². The maximum absolute atomic E-state index is 11.9. The highest BCUT2D eigenvalue weighted by Crippen LogP contribution is 2.23. The summed E-state index contributed by atoms with van der Waals surface area (Å²) in [6.45, 7) is 6.11. The zero-order chi connectivity index (χ0) is 37.7. The highest BCUT2D eigenvalue weighted by Gasteiger charge is 2.19. The van der Waals surface area contributed by atoms with Crippen LogP contribution in [-0.2, 0) is 17.8 Å². The average Bonchev–Trinajstić information content (AvgIpc) is 3.71. The Kier molecular flexibility index (Phi) is 13.0. The highest BCUT2D eigenvalue weighted by molar-refractivity contribution is 6.06. The van der Waals surface area contributed by atoms with Crippen LogP contribution in [-0.4, -0.2) is 65.0 Å². The lowest BCUT2D eigenvalue weighted by atomic mass is 10.0. The van der Waals surface area contributed by atoms with Gasteiger partial charge in [0.1, 0.15) is 23.3 Å². The number of aromatic carboxylic acids is 1. The fraction of sp³-hybridized carbons (Fsp3) is 0.211. The molecular formula is C38H38N10O6. The number of carbonyl (C=O) groups is 4. The maximum Gasteiger partial charge on any atom is 0.342 e. The molecule has 0 saturated heterocycles. The number of esters is 1. The molecule has 0 atom stereocenters. The maximum atomic E-state index is 11.9. The minimum Gasteiger partial charge on any atom is -0.478 e. The predicted molar refractivity (Wildman–Crippen MR) is 198 cm³/mol. The summed E-state index contributed by atoms with van der Waals surface area (Å²) in [7, 11) is 0. The topological polar surface area (TPSA) is 259 Å². The van der Waals surface area contributed by atoms with Gasteiger partial charge in [-0.3, -0.25) is 28.9 Å². The molecule has 276 valence electrons. The number of nitriles is 2. The van der Waals surface area contributed by atoms with Crippen molar-refractivity contribution in [3.63, 3.8) is 0 Å². The van der Waals surface area contributed by atoms with Crippen molar-refractivity contribution in [2.24, 2.45) is 11.5 Å². The van der Waals surface area contributed by atoms with Gasteiger partial charge in [0.2, 0.25) is 0 Å². The summed E-state index contributed by atoms with van der Waals surface area (Å²) in [4.78, 5) is 55.2. The molecule has 5 N–H and O–H groups in total. The number of benzene rings is 2. The van der Waals surface area contributed by atoms with Crippen LogP contribution in [0.4, 0.5) is 0 Å². The van der Waals surface area contributed by atoms with Crippen LogP contribution in [0.1, 0.15) is 96.9 Å². The van der Waals surface area contributed by atoms with Crippen LogP contribution >= 0.6 is 0 Å². The summed E-state index contributed by atoms with van der Waals surface area (Å²) in [5.74, 6) is -3.01. The fourth-order valence-electron chi connectivity index (χ4n) is 5.46. The van der Waals surface area contributed by atoms with Crippen LogP contribution < -0.4 is 11.5 Å². The minimum absolute atomic E-state index is 0. The number of fused-ring (bicyclic) bond motifs is 2. The van der Waals surface area contributed by atoms with Crippen LogP contribution in [0.5, 0.6) is 0 Å². The Labute approximate surface area is 310 Å². The number of hydrogen-bond acceptors (Lipinski definition) is 11.